The maximum atomic E-state index is 5.25. The average molecular weight is 917 g/mol. The number of imidazole rings is 1. The molecule has 0 fully saturated rings. The van der Waals surface area contributed by atoms with E-state index in [1.807, 2.05) is 47.9 Å². The van der Waals surface area contributed by atoms with Gasteiger partial charge >= 0.3 is 99.8 Å². The third kappa shape index (κ3) is 6.72. The van der Waals surface area contributed by atoms with Crippen molar-refractivity contribution in [2.75, 3.05) is 0 Å². The Morgan fingerprint density at radius 1 is 0.686 bits per heavy atom. The minimum atomic E-state index is -1.72. The second kappa shape index (κ2) is 14.3. The van der Waals surface area contributed by atoms with Crippen molar-refractivity contribution >= 4 is 71.0 Å². The van der Waals surface area contributed by atoms with Crippen molar-refractivity contribution < 1.29 is 20.1 Å². The van der Waals surface area contributed by atoms with E-state index in [9.17, 15) is 0 Å². The number of aromatic nitrogens is 3. The average Bonchev–Trinajstić information content (AvgIpc) is 3.69. The number of benzene rings is 6. The van der Waals surface area contributed by atoms with Crippen molar-refractivity contribution in [3.8, 4) is 28.3 Å². The predicted molar refractivity (Wildman–Crippen MR) is 217 cm³/mol. The van der Waals surface area contributed by atoms with E-state index in [1.54, 1.807) is 0 Å². The van der Waals surface area contributed by atoms with E-state index in [-0.39, 0.29) is 20.1 Å². The minimum Gasteiger partial charge on any atom is 0 e. The zero-order valence-corrected chi connectivity index (χ0v) is 34.6. The Balaban J connectivity index is 0.000000202. The summed E-state index contributed by atoms with van der Waals surface area (Å²) < 4.78 is 6.32. The molecule has 0 saturated heterocycles. The first-order valence-electron chi connectivity index (χ1n) is 17.0. The Bertz CT molecular complexity index is 2630. The fourth-order valence-electron chi connectivity index (χ4n) is 6.72. The first-order chi connectivity index (χ1) is 24.3. The first-order valence-corrected chi connectivity index (χ1v) is 25.2. The summed E-state index contributed by atoms with van der Waals surface area (Å²) in [6, 6.07) is 51.4. The minimum absolute atomic E-state index is 0. The van der Waals surface area contributed by atoms with E-state index in [0.717, 1.165) is 33.7 Å². The quantitative estimate of drug-likeness (QED) is 0.130. The molecule has 9 rings (SSSR count). The number of rotatable bonds is 4. The number of aryl methyl sites for hydroxylation is 2. The van der Waals surface area contributed by atoms with Crippen LogP contribution in [0.4, 0.5) is 0 Å². The van der Waals surface area contributed by atoms with Gasteiger partial charge in [0.1, 0.15) is 0 Å². The fourth-order valence-corrected chi connectivity index (χ4v) is 10.1. The second-order valence-corrected chi connectivity index (χ2v) is 25.6. The van der Waals surface area contributed by atoms with Gasteiger partial charge in [-0.15, -0.1) is 18.2 Å². The summed E-state index contributed by atoms with van der Waals surface area (Å²) in [5, 5.41) is 4.98. The second-order valence-electron chi connectivity index (χ2n) is 13.9. The van der Waals surface area contributed by atoms with Crippen molar-refractivity contribution in [3.05, 3.63) is 157 Å². The summed E-state index contributed by atoms with van der Waals surface area (Å²) in [4.78, 5) is 9.78. The van der Waals surface area contributed by atoms with Crippen molar-refractivity contribution in [2.24, 2.45) is 0 Å². The third-order valence-electron chi connectivity index (χ3n) is 9.36. The Kier molecular flexibility index (Phi) is 9.84. The van der Waals surface area contributed by atoms with Crippen LogP contribution >= 0.6 is 11.3 Å². The molecule has 0 unspecified atom stereocenters. The van der Waals surface area contributed by atoms with Crippen LogP contribution in [0.1, 0.15) is 11.1 Å². The van der Waals surface area contributed by atoms with Gasteiger partial charge in [0, 0.05) is 30.5 Å². The standard InChI is InChI=1S/C31H21N2S.C14H16GeN.Ir/c1-19-9-7-10-20(2)29(19)33-27-18-22-12-4-3-11-21(22)17-26(27)32-31(33)25-15-8-14-24-23-13-5-6-16-28(23)34-30(24)25;1-15(2,3)13-9-10-14(16-11-13)12-7-5-4-6-8-12;/h3-14,16-18H,1-2H3;4-7,9-11H,1-3H3;/q2*-1;. The van der Waals surface area contributed by atoms with E-state index in [2.05, 4.69) is 150 Å². The number of hydrogen-bond donors (Lipinski definition) is 0. The molecule has 6 aromatic carbocycles. The van der Waals surface area contributed by atoms with Gasteiger partial charge in [-0.1, -0.05) is 71.6 Å². The summed E-state index contributed by atoms with van der Waals surface area (Å²) in [5.74, 6) is 8.09. The number of fused-ring (bicyclic) bond motifs is 5. The van der Waals surface area contributed by atoms with Crippen LogP contribution in [0.5, 0.6) is 0 Å². The van der Waals surface area contributed by atoms with Gasteiger partial charge < -0.3 is 4.57 Å². The molecule has 0 aliphatic rings. The molecule has 3 heterocycles. The Hall–Kier alpha value is -4.39. The number of thiophene rings is 1. The zero-order valence-electron chi connectivity index (χ0n) is 29.3. The van der Waals surface area contributed by atoms with Crippen molar-refractivity contribution in [2.45, 2.75) is 31.1 Å². The van der Waals surface area contributed by atoms with Gasteiger partial charge in [-0.25, -0.2) is 0 Å². The van der Waals surface area contributed by atoms with Crippen molar-refractivity contribution in [1.82, 2.24) is 14.5 Å². The van der Waals surface area contributed by atoms with Gasteiger partial charge in [0.25, 0.3) is 0 Å². The largest absolute Gasteiger partial charge is 0 e. The molecule has 0 aliphatic heterocycles. The summed E-state index contributed by atoms with van der Waals surface area (Å²) in [5.41, 5.74) is 8.92. The monoisotopic (exact) mass is 918 g/mol. The van der Waals surface area contributed by atoms with Crippen LogP contribution < -0.4 is 4.40 Å². The summed E-state index contributed by atoms with van der Waals surface area (Å²) in [6.45, 7) is 4.37. The Morgan fingerprint density at radius 3 is 2.12 bits per heavy atom. The fraction of sp³-hybridized carbons (Fsp3) is 0.111. The smallest absolute Gasteiger partial charge is 0 e. The summed E-state index contributed by atoms with van der Waals surface area (Å²) in [7, 11) is 0. The number of para-hydroxylation sites is 1. The number of hydrogen-bond acceptors (Lipinski definition) is 3. The van der Waals surface area contributed by atoms with Crippen molar-refractivity contribution in [1.29, 1.82) is 0 Å². The molecule has 51 heavy (non-hydrogen) atoms. The topological polar surface area (TPSA) is 30.7 Å². The van der Waals surface area contributed by atoms with E-state index < -0.39 is 13.3 Å². The molecule has 6 heteroatoms. The molecule has 0 bridgehead atoms. The predicted octanol–water partition coefficient (Wildman–Crippen LogP) is 11.7. The van der Waals surface area contributed by atoms with Crippen LogP contribution in [-0.2, 0) is 20.1 Å². The van der Waals surface area contributed by atoms with Gasteiger partial charge in [0.15, 0.2) is 0 Å². The molecule has 1 radical (unpaired) electrons. The van der Waals surface area contributed by atoms with Crippen molar-refractivity contribution in [3.63, 3.8) is 0 Å². The van der Waals surface area contributed by atoms with Gasteiger partial charge in [-0.05, 0) is 64.0 Å². The van der Waals surface area contributed by atoms with E-state index in [4.69, 9.17) is 4.98 Å². The molecule has 3 aromatic heterocycles. The number of nitrogens with zero attached hydrogens (tertiary/aromatic N) is 3. The zero-order chi connectivity index (χ0) is 34.4. The molecular formula is C45H37GeIrN3S-2. The Labute approximate surface area is 319 Å². The van der Waals surface area contributed by atoms with Crippen LogP contribution in [0.2, 0.25) is 17.3 Å². The van der Waals surface area contributed by atoms with Crippen LogP contribution in [0.3, 0.4) is 0 Å². The van der Waals surface area contributed by atoms with Gasteiger partial charge in [-0.3, -0.25) is 4.98 Å². The van der Waals surface area contributed by atoms with Crippen LogP contribution in [-0.4, -0.2) is 27.8 Å². The molecule has 3 nitrogen and oxygen atoms in total. The Morgan fingerprint density at radius 2 is 1.41 bits per heavy atom. The molecule has 0 saturated carbocycles. The van der Waals surface area contributed by atoms with E-state index >= 15 is 0 Å². The molecule has 0 amide bonds. The molecule has 0 N–H and O–H groups in total. The summed E-state index contributed by atoms with van der Waals surface area (Å²) >= 11 is 0.108. The third-order valence-corrected chi connectivity index (χ3v) is 14.8. The molecule has 0 atom stereocenters. The SMILES string of the molecule is Cc1cccc(C)c1-n1c(-c2[c-]ccc3c2sc2ccccc23)nc2cc3ccccc3cc21.[CH3][Ge]([CH3])([CH3])[c]1ccc(-c2[c-]cccc2)nc1.[Ir]. The van der Waals surface area contributed by atoms with E-state index in [0.29, 0.717) is 0 Å². The molecule has 9 aromatic rings. The molecular weight excluding hydrogens is 879 g/mol. The van der Waals surface area contributed by atoms with Crippen LogP contribution in [0.25, 0.3) is 70.3 Å². The summed E-state index contributed by atoms with van der Waals surface area (Å²) in [6.07, 6.45) is 2.04. The van der Waals surface area contributed by atoms with Gasteiger partial charge in [-0.2, -0.15) is 11.3 Å². The molecule has 253 valence electrons. The number of pyridine rings is 1. The van der Waals surface area contributed by atoms with Gasteiger partial charge in [0.2, 0.25) is 0 Å². The molecule has 0 spiro atoms. The maximum Gasteiger partial charge on any atom is 0 e. The first kappa shape index (κ1) is 35.0. The van der Waals surface area contributed by atoms with E-state index in [1.165, 1.54) is 52.2 Å². The van der Waals surface area contributed by atoms with Crippen LogP contribution in [0.15, 0.2) is 134 Å². The normalized spacial score (nSPS) is 11.5. The van der Waals surface area contributed by atoms with Crippen LogP contribution in [0, 0.1) is 26.0 Å². The van der Waals surface area contributed by atoms with Gasteiger partial charge in [0.05, 0.1) is 16.9 Å². The maximum absolute atomic E-state index is 5.25. The molecule has 0 aliphatic carbocycles.